The molecule has 0 radical (unpaired) electrons. The molecule has 0 fully saturated rings. The van der Waals surface area contributed by atoms with Crippen LogP contribution < -0.4 is 0 Å². The van der Waals surface area contributed by atoms with Gasteiger partial charge in [-0.05, 0) is 19.9 Å². The van der Waals surface area contributed by atoms with Gasteiger partial charge in [-0.2, -0.15) is 10.2 Å². The van der Waals surface area contributed by atoms with Gasteiger partial charge in [0.1, 0.15) is 0 Å². The molecule has 0 aliphatic carbocycles. The van der Waals surface area contributed by atoms with Crippen molar-refractivity contribution in [1.82, 2.24) is 24.5 Å². The zero-order valence-electron chi connectivity index (χ0n) is 12.6. The minimum Gasteiger partial charge on any atom is -0.340 e. The molecule has 0 bridgehead atoms. The van der Waals surface area contributed by atoms with E-state index >= 15 is 0 Å². The fourth-order valence-corrected chi connectivity index (χ4v) is 2.15. The lowest BCUT2D eigenvalue weighted by Gasteiger charge is -2.15. The first-order chi connectivity index (χ1) is 9.99. The van der Waals surface area contributed by atoms with Crippen molar-refractivity contribution in [3.8, 4) is 0 Å². The van der Waals surface area contributed by atoms with Gasteiger partial charge in [0, 0.05) is 39.0 Å². The van der Waals surface area contributed by atoms with E-state index in [4.69, 9.17) is 11.6 Å². The molecule has 2 aromatic heterocycles. The number of carbonyl (C=O) groups excluding carboxylic acids is 1. The molecule has 0 aromatic carbocycles. The molecule has 0 aliphatic rings. The largest absolute Gasteiger partial charge is 0.340 e. The second kappa shape index (κ2) is 6.76. The standard InChI is InChI=1S/C14H20ClN5O/c1-4-19-7-5-12(17-19)9-18(3)14(21)6-8-20-10-13(15)11(2)16-20/h5,7,10H,4,6,8-9H2,1-3H3. The molecule has 1 amide bonds. The summed E-state index contributed by atoms with van der Waals surface area (Å²) >= 11 is 5.94. The summed E-state index contributed by atoms with van der Waals surface area (Å²) in [5.41, 5.74) is 1.67. The zero-order valence-corrected chi connectivity index (χ0v) is 13.3. The number of hydrogen-bond donors (Lipinski definition) is 0. The molecule has 0 saturated carbocycles. The summed E-state index contributed by atoms with van der Waals surface area (Å²) in [7, 11) is 1.79. The van der Waals surface area contributed by atoms with Crippen molar-refractivity contribution in [3.05, 3.63) is 34.9 Å². The van der Waals surface area contributed by atoms with Crippen LogP contribution in [-0.4, -0.2) is 37.4 Å². The van der Waals surface area contributed by atoms with E-state index in [1.165, 1.54) is 0 Å². The van der Waals surface area contributed by atoms with E-state index in [1.54, 1.807) is 22.8 Å². The van der Waals surface area contributed by atoms with Crippen LogP contribution in [0.3, 0.4) is 0 Å². The molecule has 114 valence electrons. The number of hydrogen-bond acceptors (Lipinski definition) is 3. The highest BCUT2D eigenvalue weighted by Gasteiger charge is 2.11. The lowest BCUT2D eigenvalue weighted by atomic mass is 10.3. The molecule has 21 heavy (non-hydrogen) atoms. The number of carbonyl (C=O) groups is 1. The fraction of sp³-hybridized carbons (Fsp3) is 0.500. The Labute approximate surface area is 129 Å². The molecule has 0 aliphatic heterocycles. The zero-order chi connectivity index (χ0) is 15.4. The summed E-state index contributed by atoms with van der Waals surface area (Å²) in [6, 6.07) is 1.93. The summed E-state index contributed by atoms with van der Waals surface area (Å²) < 4.78 is 3.55. The Bertz CT molecular complexity index is 599. The monoisotopic (exact) mass is 309 g/mol. The molecule has 0 spiro atoms. The van der Waals surface area contributed by atoms with E-state index in [9.17, 15) is 4.79 Å². The Morgan fingerprint density at radius 1 is 1.38 bits per heavy atom. The van der Waals surface area contributed by atoms with Gasteiger partial charge in [-0.1, -0.05) is 11.6 Å². The van der Waals surface area contributed by atoms with Crippen LogP contribution in [0.5, 0.6) is 0 Å². The third-order valence-electron chi connectivity index (χ3n) is 3.29. The number of rotatable bonds is 6. The Morgan fingerprint density at radius 3 is 2.71 bits per heavy atom. The van der Waals surface area contributed by atoms with Crippen LogP contribution in [-0.2, 0) is 24.4 Å². The van der Waals surface area contributed by atoms with Gasteiger partial charge >= 0.3 is 0 Å². The third-order valence-corrected chi connectivity index (χ3v) is 3.66. The van der Waals surface area contributed by atoms with Crippen molar-refractivity contribution in [2.45, 2.75) is 39.9 Å². The van der Waals surface area contributed by atoms with Gasteiger partial charge in [-0.3, -0.25) is 14.2 Å². The quantitative estimate of drug-likeness (QED) is 0.821. The Hall–Kier alpha value is -1.82. The van der Waals surface area contributed by atoms with E-state index in [2.05, 4.69) is 10.2 Å². The minimum absolute atomic E-state index is 0.0605. The summed E-state index contributed by atoms with van der Waals surface area (Å²) in [6.45, 7) is 5.75. The van der Waals surface area contributed by atoms with Crippen LogP contribution in [0.4, 0.5) is 0 Å². The summed E-state index contributed by atoms with van der Waals surface area (Å²) in [5, 5.41) is 9.24. The lowest BCUT2D eigenvalue weighted by Crippen LogP contribution is -2.27. The maximum atomic E-state index is 12.1. The topological polar surface area (TPSA) is 56.0 Å². The van der Waals surface area contributed by atoms with Crippen LogP contribution in [0.15, 0.2) is 18.5 Å². The van der Waals surface area contributed by atoms with Crippen molar-refractivity contribution < 1.29 is 4.79 Å². The first-order valence-corrected chi connectivity index (χ1v) is 7.33. The number of aryl methyl sites for hydroxylation is 3. The molecular formula is C14H20ClN5O. The predicted octanol–water partition coefficient (Wildman–Crippen LogP) is 2.11. The van der Waals surface area contributed by atoms with Crippen LogP contribution in [0.25, 0.3) is 0 Å². The van der Waals surface area contributed by atoms with Crippen LogP contribution in [0.1, 0.15) is 24.7 Å². The first kappa shape index (κ1) is 15.6. The highest BCUT2D eigenvalue weighted by Crippen LogP contribution is 2.12. The maximum absolute atomic E-state index is 12.1. The van der Waals surface area contributed by atoms with Crippen LogP contribution in [0.2, 0.25) is 5.02 Å². The van der Waals surface area contributed by atoms with Crippen LogP contribution >= 0.6 is 11.6 Å². The third kappa shape index (κ3) is 4.07. The van der Waals surface area contributed by atoms with Crippen molar-refractivity contribution in [2.75, 3.05) is 7.05 Å². The fourth-order valence-electron chi connectivity index (χ4n) is 2.00. The Balaban J connectivity index is 1.84. The van der Waals surface area contributed by atoms with Gasteiger partial charge in [0.25, 0.3) is 0 Å². The molecule has 7 heteroatoms. The summed E-state index contributed by atoms with van der Waals surface area (Å²) in [5.74, 6) is 0.0605. The SMILES string of the molecule is CCn1ccc(CN(C)C(=O)CCn2cc(Cl)c(C)n2)n1. The minimum atomic E-state index is 0.0605. The smallest absolute Gasteiger partial charge is 0.224 e. The van der Waals surface area contributed by atoms with Crippen molar-refractivity contribution in [2.24, 2.45) is 0 Å². The van der Waals surface area contributed by atoms with E-state index in [1.807, 2.05) is 30.8 Å². The van der Waals surface area contributed by atoms with E-state index in [-0.39, 0.29) is 5.91 Å². The van der Waals surface area contributed by atoms with Crippen LogP contribution in [0, 0.1) is 6.92 Å². The Kier molecular flexibility index (Phi) is 5.01. The second-order valence-electron chi connectivity index (χ2n) is 4.99. The van der Waals surface area contributed by atoms with Gasteiger partial charge < -0.3 is 4.90 Å². The molecule has 0 atom stereocenters. The average Bonchev–Trinajstić information content (AvgIpc) is 3.03. The first-order valence-electron chi connectivity index (χ1n) is 6.95. The number of nitrogens with zero attached hydrogens (tertiary/aromatic N) is 5. The molecule has 6 nitrogen and oxygen atoms in total. The summed E-state index contributed by atoms with van der Waals surface area (Å²) in [6.07, 6.45) is 4.05. The maximum Gasteiger partial charge on any atom is 0.224 e. The van der Waals surface area contributed by atoms with Gasteiger partial charge in [-0.15, -0.1) is 0 Å². The van der Waals surface area contributed by atoms with Crippen molar-refractivity contribution in [1.29, 1.82) is 0 Å². The molecular weight excluding hydrogens is 290 g/mol. The van der Waals surface area contributed by atoms with Gasteiger partial charge in [0.15, 0.2) is 0 Å². The molecule has 0 unspecified atom stereocenters. The van der Waals surface area contributed by atoms with E-state index < -0.39 is 0 Å². The molecule has 0 N–H and O–H groups in total. The van der Waals surface area contributed by atoms with E-state index in [0.717, 1.165) is 17.9 Å². The molecule has 2 heterocycles. The molecule has 0 saturated heterocycles. The second-order valence-corrected chi connectivity index (χ2v) is 5.40. The van der Waals surface area contributed by atoms with Gasteiger partial charge in [-0.25, -0.2) is 0 Å². The average molecular weight is 310 g/mol. The highest BCUT2D eigenvalue weighted by molar-refractivity contribution is 6.31. The number of halogens is 1. The highest BCUT2D eigenvalue weighted by atomic mass is 35.5. The number of amides is 1. The predicted molar refractivity (Wildman–Crippen MR) is 81.0 cm³/mol. The Morgan fingerprint density at radius 2 is 2.14 bits per heavy atom. The lowest BCUT2D eigenvalue weighted by molar-refractivity contribution is -0.130. The van der Waals surface area contributed by atoms with Gasteiger partial charge in [0.05, 0.1) is 23.0 Å². The summed E-state index contributed by atoms with van der Waals surface area (Å²) in [4.78, 5) is 13.8. The van der Waals surface area contributed by atoms with Crippen molar-refractivity contribution >= 4 is 17.5 Å². The van der Waals surface area contributed by atoms with E-state index in [0.29, 0.717) is 24.5 Å². The molecule has 2 aromatic rings. The number of aromatic nitrogens is 4. The van der Waals surface area contributed by atoms with Crippen molar-refractivity contribution in [3.63, 3.8) is 0 Å². The molecule has 2 rings (SSSR count). The van der Waals surface area contributed by atoms with Gasteiger partial charge in [0.2, 0.25) is 5.91 Å². The normalized spacial score (nSPS) is 10.9.